The first-order valence-corrected chi connectivity index (χ1v) is 9.94. The molecule has 2 aliphatic rings. The van der Waals surface area contributed by atoms with Crippen LogP contribution in [0.1, 0.15) is 35.4 Å². The fourth-order valence-corrected chi connectivity index (χ4v) is 3.65. The van der Waals surface area contributed by atoms with Crippen LogP contribution in [-0.2, 0) is 17.7 Å². The maximum absolute atomic E-state index is 12.5. The molecule has 0 radical (unpaired) electrons. The molecule has 0 atom stereocenters. The van der Waals surface area contributed by atoms with Crippen LogP contribution in [-0.4, -0.2) is 47.0 Å². The lowest BCUT2D eigenvalue weighted by Gasteiger charge is -2.24. The Kier molecular flexibility index (Phi) is 6.02. The molecule has 0 aliphatic carbocycles. The van der Waals surface area contributed by atoms with Crippen LogP contribution in [0.3, 0.4) is 0 Å². The maximum atomic E-state index is 12.5. The normalized spacial score (nSPS) is 16.9. The summed E-state index contributed by atoms with van der Waals surface area (Å²) in [5.74, 6) is 1.07. The summed E-state index contributed by atoms with van der Waals surface area (Å²) in [5, 5.41) is 13.0. The molecule has 3 heterocycles. The molecule has 1 saturated heterocycles. The lowest BCUT2D eigenvalue weighted by atomic mass is 10.0. The van der Waals surface area contributed by atoms with E-state index in [0.29, 0.717) is 31.3 Å². The minimum absolute atomic E-state index is 0.199. The largest absolute Gasteiger partial charge is 0.381 e. The van der Waals surface area contributed by atoms with Crippen LogP contribution in [0.15, 0.2) is 41.3 Å². The highest BCUT2D eigenvalue weighted by Crippen LogP contribution is 2.18. The van der Waals surface area contributed by atoms with Crippen molar-refractivity contribution in [3.05, 3.63) is 69.4 Å². The van der Waals surface area contributed by atoms with E-state index in [1.165, 1.54) is 5.56 Å². The Hall–Kier alpha value is -2.97. The van der Waals surface area contributed by atoms with E-state index in [-0.39, 0.29) is 17.2 Å². The Morgan fingerprint density at radius 2 is 2.07 bits per heavy atom. The van der Waals surface area contributed by atoms with Crippen molar-refractivity contribution in [2.24, 2.45) is 0 Å². The molecule has 2 aromatic rings. The fraction of sp³-hybridized carbons (Fsp3) is 0.381. The highest BCUT2D eigenvalue weighted by Gasteiger charge is 2.18. The number of anilines is 1. The van der Waals surface area contributed by atoms with Gasteiger partial charge in [0.2, 0.25) is 0 Å². The molecule has 4 N–H and O–H groups in total. The molecule has 152 valence electrons. The van der Waals surface area contributed by atoms with Gasteiger partial charge in [0.1, 0.15) is 11.6 Å². The van der Waals surface area contributed by atoms with Gasteiger partial charge in [-0.2, -0.15) is 0 Å². The smallest absolute Gasteiger partial charge is 0.261 e. The van der Waals surface area contributed by atoms with Crippen molar-refractivity contribution in [1.29, 1.82) is 5.41 Å². The number of H-pyrrole nitrogens is 1. The number of benzene rings is 1. The van der Waals surface area contributed by atoms with Crippen LogP contribution in [0, 0.1) is 5.41 Å². The summed E-state index contributed by atoms with van der Waals surface area (Å²) in [4.78, 5) is 20.1. The summed E-state index contributed by atoms with van der Waals surface area (Å²) >= 11 is 0. The SMILES string of the molecule is N=Cc1c(NC2CCOCC2)nc(Cc2ccccc2CN2C=CCN2)[nH]c1=O. The molecule has 1 aromatic carbocycles. The van der Waals surface area contributed by atoms with E-state index in [1.807, 2.05) is 23.3 Å². The highest BCUT2D eigenvalue weighted by molar-refractivity contribution is 5.83. The molecule has 29 heavy (non-hydrogen) atoms. The van der Waals surface area contributed by atoms with Crippen molar-refractivity contribution >= 4 is 12.0 Å². The Bertz CT molecular complexity index is 948. The lowest BCUT2D eigenvalue weighted by molar-refractivity contribution is 0.0904. The quantitative estimate of drug-likeness (QED) is 0.534. The van der Waals surface area contributed by atoms with E-state index >= 15 is 0 Å². The molecule has 4 rings (SSSR count). The second kappa shape index (κ2) is 9.02. The number of rotatable bonds is 7. The zero-order valence-electron chi connectivity index (χ0n) is 16.3. The number of hydrogen-bond donors (Lipinski definition) is 4. The van der Waals surface area contributed by atoms with Crippen LogP contribution in [0.5, 0.6) is 0 Å². The fourth-order valence-electron chi connectivity index (χ4n) is 3.65. The first-order valence-electron chi connectivity index (χ1n) is 9.94. The van der Waals surface area contributed by atoms with Crippen LogP contribution >= 0.6 is 0 Å². The molecule has 0 unspecified atom stereocenters. The number of ether oxygens (including phenoxy) is 1. The Morgan fingerprint density at radius 3 is 2.79 bits per heavy atom. The van der Waals surface area contributed by atoms with Crippen molar-refractivity contribution in [2.75, 3.05) is 25.1 Å². The minimum atomic E-state index is -0.291. The van der Waals surface area contributed by atoms with Crippen molar-refractivity contribution in [3.63, 3.8) is 0 Å². The number of nitrogens with one attached hydrogen (secondary N) is 4. The third-order valence-corrected chi connectivity index (χ3v) is 5.23. The molecule has 0 saturated carbocycles. The van der Waals surface area contributed by atoms with Gasteiger partial charge in [0.05, 0.1) is 12.1 Å². The van der Waals surface area contributed by atoms with Crippen LogP contribution in [0.4, 0.5) is 5.82 Å². The predicted octanol–water partition coefficient (Wildman–Crippen LogP) is 1.78. The number of aromatic amines is 1. The number of nitrogens with zero attached hydrogens (tertiary/aromatic N) is 2. The molecule has 0 bridgehead atoms. The Balaban J connectivity index is 1.58. The van der Waals surface area contributed by atoms with Gasteiger partial charge in [-0.3, -0.25) is 4.79 Å². The number of aromatic nitrogens is 2. The van der Waals surface area contributed by atoms with E-state index in [4.69, 9.17) is 10.1 Å². The summed E-state index contributed by atoms with van der Waals surface area (Å²) in [6.45, 7) is 2.96. The van der Waals surface area contributed by atoms with Gasteiger partial charge in [0.25, 0.3) is 5.56 Å². The zero-order chi connectivity index (χ0) is 20.1. The van der Waals surface area contributed by atoms with Gasteiger partial charge in [-0.1, -0.05) is 30.3 Å². The lowest BCUT2D eigenvalue weighted by Crippen LogP contribution is -2.31. The Morgan fingerprint density at radius 1 is 1.28 bits per heavy atom. The monoisotopic (exact) mass is 394 g/mol. The average molecular weight is 394 g/mol. The second-order valence-corrected chi connectivity index (χ2v) is 7.27. The van der Waals surface area contributed by atoms with Gasteiger partial charge in [0.15, 0.2) is 0 Å². The molecular weight excluding hydrogens is 368 g/mol. The van der Waals surface area contributed by atoms with Gasteiger partial charge in [-0.25, -0.2) is 10.4 Å². The first kappa shape index (κ1) is 19.4. The first-order chi connectivity index (χ1) is 14.2. The molecular formula is C21H26N6O2. The molecule has 1 aromatic heterocycles. The third kappa shape index (κ3) is 4.72. The zero-order valence-corrected chi connectivity index (χ0v) is 16.3. The summed E-state index contributed by atoms with van der Waals surface area (Å²) in [5.41, 5.74) is 5.53. The third-order valence-electron chi connectivity index (χ3n) is 5.23. The second-order valence-electron chi connectivity index (χ2n) is 7.27. The van der Waals surface area contributed by atoms with E-state index < -0.39 is 0 Å². The van der Waals surface area contributed by atoms with Crippen molar-refractivity contribution < 1.29 is 4.74 Å². The molecule has 2 aliphatic heterocycles. The summed E-state index contributed by atoms with van der Waals surface area (Å²) in [6, 6.07) is 8.37. The van der Waals surface area contributed by atoms with Gasteiger partial charge in [-0.05, 0) is 24.0 Å². The Labute approximate surface area is 169 Å². The van der Waals surface area contributed by atoms with E-state index in [2.05, 4.69) is 38.9 Å². The molecule has 8 nitrogen and oxygen atoms in total. The highest BCUT2D eigenvalue weighted by atomic mass is 16.5. The van der Waals surface area contributed by atoms with E-state index in [0.717, 1.165) is 37.7 Å². The summed E-state index contributed by atoms with van der Waals surface area (Å²) < 4.78 is 5.40. The van der Waals surface area contributed by atoms with Crippen LogP contribution in [0.25, 0.3) is 0 Å². The van der Waals surface area contributed by atoms with Crippen molar-refractivity contribution in [1.82, 2.24) is 20.4 Å². The number of hydrazine groups is 1. The maximum Gasteiger partial charge on any atom is 0.261 e. The van der Waals surface area contributed by atoms with Crippen LogP contribution in [0.2, 0.25) is 0 Å². The predicted molar refractivity (Wildman–Crippen MR) is 112 cm³/mol. The van der Waals surface area contributed by atoms with E-state index in [9.17, 15) is 4.79 Å². The van der Waals surface area contributed by atoms with Gasteiger partial charge >= 0.3 is 0 Å². The summed E-state index contributed by atoms with van der Waals surface area (Å²) in [6.07, 6.45) is 7.42. The van der Waals surface area contributed by atoms with Crippen LogP contribution < -0.4 is 16.3 Å². The standard InChI is InChI=1S/C21H26N6O2/c22-13-18-20(24-17-6-10-29-11-7-17)25-19(26-21(18)28)12-15-4-1-2-5-16(15)14-27-9-3-8-23-27/h1-5,9,13,17,22-23H,6-8,10-12,14H2,(H2,24,25,26,28). The molecule has 0 spiro atoms. The van der Waals surface area contributed by atoms with Crippen molar-refractivity contribution in [3.8, 4) is 0 Å². The van der Waals surface area contributed by atoms with E-state index in [1.54, 1.807) is 0 Å². The minimum Gasteiger partial charge on any atom is -0.381 e. The average Bonchev–Trinajstić information content (AvgIpc) is 3.23. The van der Waals surface area contributed by atoms with Gasteiger partial charge < -0.3 is 25.5 Å². The van der Waals surface area contributed by atoms with Gasteiger partial charge in [0, 0.05) is 44.6 Å². The topological polar surface area (TPSA) is 106 Å². The van der Waals surface area contributed by atoms with Gasteiger partial charge in [-0.15, -0.1) is 0 Å². The van der Waals surface area contributed by atoms with Crippen molar-refractivity contribution in [2.45, 2.75) is 31.8 Å². The molecule has 8 heteroatoms. The summed E-state index contributed by atoms with van der Waals surface area (Å²) in [7, 11) is 0. The number of hydrogen-bond acceptors (Lipinski definition) is 7. The molecule has 0 amide bonds. The molecule has 1 fully saturated rings.